The number of carbonyl (C=O) groups excluding carboxylic acids is 4. The average molecular weight is 451 g/mol. The van der Waals surface area contributed by atoms with Gasteiger partial charge in [-0.3, -0.25) is 24.0 Å². The number of nitrogens with two attached hydrogens (primary N) is 1. The largest absolute Gasteiger partial charge is 0.481 e. The number of hydrogen-bond acceptors (Lipinski definition) is 9. The van der Waals surface area contributed by atoms with E-state index in [0.717, 1.165) is 0 Å². The Kier molecular flexibility index (Phi) is 6.44. The maximum atomic E-state index is 12.0. The number of nitrogens with zero attached hydrogens (tertiary/aromatic N) is 1. The minimum atomic E-state index is -1.30. The number of primary amides is 1. The van der Waals surface area contributed by atoms with Crippen LogP contribution in [-0.2, 0) is 38.1 Å². The molecule has 12 nitrogen and oxygen atoms in total. The van der Waals surface area contributed by atoms with E-state index < -0.39 is 66.3 Å². The Balaban J connectivity index is 1.90. The SMILES string of the molecule is CC(=O)O[C@H]1[C@H]([n+]2cccc(C(N)=O)c2)OC2(CC2OC(=O)CCC(=O)O)[C@H]1OC(C)=O. The summed E-state index contributed by atoms with van der Waals surface area (Å²) in [5, 5.41) is 8.73. The first kappa shape index (κ1) is 23.1. The van der Waals surface area contributed by atoms with Crippen molar-refractivity contribution in [2.75, 3.05) is 0 Å². The van der Waals surface area contributed by atoms with Crippen LogP contribution >= 0.6 is 0 Å². The van der Waals surface area contributed by atoms with E-state index in [2.05, 4.69) is 0 Å². The Morgan fingerprint density at radius 1 is 1.16 bits per heavy atom. The van der Waals surface area contributed by atoms with Gasteiger partial charge in [0.25, 0.3) is 5.91 Å². The van der Waals surface area contributed by atoms with Crippen molar-refractivity contribution in [3.63, 3.8) is 0 Å². The van der Waals surface area contributed by atoms with E-state index in [1.54, 1.807) is 6.20 Å². The van der Waals surface area contributed by atoms with Gasteiger partial charge in [-0.2, -0.15) is 4.57 Å². The summed E-state index contributed by atoms with van der Waals surface area (Å²) in [6.45, 7) is 2.34. The molecule has 5 atom stereocenters. The molecular formula is C20H23N2O10+. The highest BCUT2D eigenvalue weighted by Gasteiger charge is 2.76. The monoisotopic (exact) mass is 451 g/mol. The molecule has 1 aliphatic heterocycles. The lowest BCUT2D eigenvalue weighted by Gasteiger charge is -2.21. The molecule has 0 aromatic carbocycles. The summed E-state index contributed by atoms with van der Waals surface area (Å²) in [7, 11) is 0. The van der Waals surface area contributed by atoms with Crippen LogP contribution in [0.2, 0.25) is 0 Å². The molecule has 3 rings (SSSR count). The van der Waals surface area contributed by atoms with Gasteiger partial charge in [-0.1, -0.05) is 0 Å². The van der Waals surface area contributed by atoms with Crippen LogP contribution in [0.25, 0.3) is 0 Å². The van der Waals surface area contributed by atoms with Gasteiger partial charge in [0.2, 0.25) is 6.10 Å². The Bertz CT molecular complexity index is 963. The molecule has 1 aliphatic carbocycles. The van der Waals surface area contributed by atoms with Crippen molar-refractivity contribution < 1.29 is 52.6 Å². The Hall–Kier alpha value is -3.54. The zero-order valence-electron chi connectivity index (χ0n) is 17.4. The normalized spacial score (nSPS) is 28.1. The van der Waals surface area contributed by atoms with E-state index in [-0.39, 0.29) is 18.4 Å². The number of aromatic nitrogens is 1. The zero-order valence-corrected chi connectivity index (χ0v) is 17.4. The predicted octanol–water partition coefficient (Wildman–Crippen LogP) is -0.616. The molecule has 2 fully saturated rings. The lowest BCUT2D eigenvalue weighted by atomic mass is 10.1. The minimum Gasteiger partial charge on any atom is -0.481 e. The molecule has 172 valence electrons. The van der Waals surface area contributed by atoms with Crippen molar-refractivity contribution in [1.82, 2.24) is 0 Å². The molecule has 0 radical (unpaired) electrons. The molecule has 1 saturated carbocycles. The van der Waals surface area contributed by atoms with Crippen molar-refractivity contribution >= 4 is 29.8 Å². The second kappa shape index (κ2) is 8.91. The fourth-order valence-corrected chi connectivity index (χ4v) is 3.69. The number of carboxylic acids is 1. The molecule has 1 aromatic rings. The summed E-state index contributed by atoms with van der Waals surface area (Å²) in [5.74, 6) is -3.93. The summed E-state index contributed by atoms with van der Waals surface area (Å²) in [4.78, 5) is 57.8. The van der Waals surface area contributed by atoms with Crippen LogP contribution in [0.15, 0.2) is 24.5 Å². The van der Waals surface area contributed by atoms with Gasteiger partial charge in [-0.25, -0.2) is 0 Å². The molecule has 0 bridgehead atoms. The molecule has 1 amide bonds. The number of carboxylic acid groups (broad SMARTS) is 1. The van der Waals surface area contributed by atoms with Crippen LogP contribution in [0.1, 0.15) is 49.7 Å². The van der Waals surface area contributed by atoms with E-state index in [9.17, 15) is 24.0 Å². The summed E-state index contributed by atoms with van der Waals surface area (Å²) in [6, 6.07) is 3.02. The van der Waals surface area contributed by atoms with E-state index in [4.69, 9.17) is 29.8 Å². The third-order valence-electron chi connectivity index (χ3n) is 5.10. The summed E-state index contributed by atoms with van der Waals surface area (Å²) in [6.07, 6.45) is -1.77. The number of aliphatic carboxylic acids is 1. The number of pyridine rings is 1. The van der Waals surface area contributed by atoms with Crippen LogP contribution in [-0.4, -0.2) is 58.8 Å². The first-order valence-electron chi connectivity index (χ1n) is 9.77. The number of amides is 1. The Labute approximate surface area is 182 Å². The van der Waals surface area contributed by atoms with Crippen LogP contribution in [0.3, 0.4) is 0 Å². The molecule has 12 heteroatoms. The Morgan fingerprint density at radius 2 is 1.84 bits per heavy atom. The van der Waals surface area contributed by atoms with Crippen LogP contribution in [0, 0.1) is 0 Å². The summed E-state index contributed by atoms with van der Waals surface area (Å²) >= 11 is 0. The average Bonchev–Trinajstić information content (AvgIpc) is 3.31. The van der Waals surface area contributed by atoms with Crippen LogP contribution in [0.5, 0.6) is 0 Å². The van der Waals surface area contributed by atoms with E-state index >= 15 is 0 Å². The van der Waals surface area contributed by atoms with Crippen molar-refractivity contribution in [3.05, 3.63) is 30.1 Å². The summed E-state index contributed by atoms with van der Waals surface area (Å²) in [5.41, 5.74) is 4.20. The van der Waals surface area contributed by atoms with Gasteiger partial charge < -0.3 is 29.8 Å². The Morgan fingerprint density at radius 3 is 2.44 bits per heavy atom. The first-order chi connectivity index (χ1) is 15.0. The summed E-state index contributed by atoms with van der Waals surface area (Å²) < 4.78 is 23.7. The molecule has 2 heterocycles. The third kappa shape index (κ3) is 4.85. The number of carbonyl (C=O) groups is 5. The second-order valence-electron chi connectivity index (χ2n) is 7.55. The fraction of sp³-hybridized carbons (Fsp3) is 0.500. The van der Waals surface area contributed by atoms with Gasteiger partial charge in [-0.15, -0.1) is 0 Å². The quantitative estimate of drug-likeness (QED) is 0.295. The maximum Gasteiger partial charge on any atom is 0.306 e. The van der Waals surface area contributed by atoms with Crippen LogP contribution in [0.4, 0.5) is 0 Å². The van der Waals surface area contributed by atoms with Crippen molar-refractivity contribution in [2.45, 2.75) is 63.3 Å². The van der Waals surface area contributed by atoms with Crippen molar-refractivity contribution in [1.29, 1.82) is 0 Å². The number of rotatable bonds is 8. The molecule has 3 N–H and O–H groups in total. The number of ether oxygens (including phenoxy) is 4. The van der Waals surface area contributed by atoms with Gasteiger partial charge in [0.1, 0.15) is 11.7 Å². The smallest absolute Gasteiger partial charge is 0.306 e. The topological polar surface area (TPSA) is 172 Å². The van der Waals surface area contributed by atoms with Gasteiger partial charge in [-0.05, 0) is 6.07 Å². The molecule has 1 aromatic heterocycles. The lowest BCUT2D eigenvalue weighted by Crippen LogP contribution is -2.48. The van der Waals surface area contributed by atoms with Gasteiger partial charge in [0.15, 0.2) is 24.1 Å². The van der Waals surface area contributed by atoms with E-state index in [1.165, 1.54) is 36.7 Å². The van der Waals surface area contributed by atoms with E-state index in [0.29, 0.717) is 0 Å². The van der Waals surface area contributed by atoms with Crippen molar-refractivity contribution in [3.8, 4) is 0 Å². The molecule has 1 saturated heterocycles. The fourth-order valence-electron chi connectivity index (χ4n) is 3.69. The molecule has 2 aliphatic rings. The van der Waals surface area contributed by atoms with Crippen molar-refractivity contribution in [2.24, 2.45) is 5.73 Å². The highest BCUT2D eigenvalue weighted by Crippen LogP contribution is 2.55. The number of esters is 3. The number of hydrogen-bond donors (Lipinski definition) is 2. The van der Waals surface area contributed by atoms with E-state index in [1.807, 2.05) is 0 Å². The minimum absolute atomic E-state index is 0.133. The first-order valence-corrected chi connectivity index (χ1v) is 9.77. The van der Waals surface area contributed by atoms with Crippen LogP contribution < -0.4 is 10.3 Å². The molecule has 32 heavy (non-hydrogen) atoms. The molecule has 2 unspecified atom stereocenters. The zero-order chi connectivity index (χ0) is 23.6. The predicted molar refractivity (Wildman–Crippen MR) is 100 cm³/mol. The lowest BCUT2D eigenvalue weighted by molar-refractivity contribution is -0.766. The standard InChI is InChI=1S/C20H22N2O10/c1-10(23)29-16-17(30-11(2)24)20(8-13(20)31-15(27)6-5-14(25)26)32-19(16)22-7-3-4-12(9-22)18(21)28/h3-4,7,9,13,16-17,19H,5-6,8H2,1-2H3,(H2-,21,25,26,28)/p+1/t13?,16-,17+,19-,20?/m1/s1. The molecular weight excluding hydrogens is 428 g/mol. The highest BCUT2D eigenvalue weighted by atomic mass is 16.7. The third-order valence-corrected chi connectivity index (χ3v) is 5.10. The second-order valence-corrected chi connectivity index (χ2v) is 7.55. The van der Waals surface area contributed by atoms with Gasteiger partial charge in [0, 0.05) is 26.3 Å². The maximum absolute atomic E-state index is 12.0. The van der Waals surface area contributed by atoms with Gasteiger partial charge in [0.05, 0.1) is 12.8 Å². The highest BCUT2D eigenvalue weighted by molar-refractivity contribution is 5.92. The molecule has 1 spiro atoms. The van der Waals surface area contributed by atoms with Gasteiger partial charge >= 0.3 is 30.1 Å².